The molecule has 8 heteroatoms. The number of hydrogen-bond acceptors (Lipinski definition) is 5. The van der Waals surface area contributed by atoms with Gasteiger partial charge < -0.3 is 4.74 Å². The highest BCUT2D eigenvalue weighted by Crippen LogP contribution is 2.40. The Bertz CT molecular complexity index is 1270. The van der Waals surface area contributed by atoms with Crippen molar-refractivity contribution >= 4 is 10.0 Å². The molecule has 2 unspecified atom stereocenters. The number of ether oxygens (including phenoxy) is 1. The van der Waals surface area contributed by atoms with Gasteiger partial charge in [-0.15, -0.1) is 0 Å². The number of sulfonamides is 1. The Morgan fingerprint density at radius 1 is 1.11 bits per heavy atom. The van der Waals surface area contributed by atoms with Crippen LogP contribution < -0.4 is 4.74 Å². The van der Waals surface area contributed by atoms with Crippen molar-refractivity contribution in [2.45, 2.75) is 49.0 Å². The fraction of sp³-hybridized carbons (Fsp3) is 0.464. The maximum Gasteiger partial charge on any atom is 0.246 e. The van der Waals surface area contributed by atoms with Crippen molar-refractivity contribution in [2.24, 2.45) is 7.05 Å². The molecule has 192 valence electrons. The minimum atomic E-state index is -3.58. The monoisotopic (exact) mass is 508 g/mol. The maximum absolute atomic E-state index is 12.8. The van der Waals surface area contributed by atoms with E-state index in [1.807, 2.05) is 6.07 Å². The van der Waals surface area contributed by atoms with Gasteiger partial charge in [-0.2, -0.15) is 9.40 Å². The van der Waals surface area contributed by atoms with Crippen molar-refractivity contribution < 1.29 is 13.2 Å². The van der Waals surface area contributed by atoms with Gasteiger partial charge in [-0.25, -0.2) is 8.42 Å². The van der Waals surface area contributed by atoms with Gasteiger partial charge in [-0.1, -0.05) is 36.4 Å². The molecule has 2 heterocycles. The third-order valence-electron chi connectivity index (χ3n) is 7.66. The lowest BCUT2D eigenvalue weighted by Crippen LogP contribution is -2.41. The van der Waals surface area contributed by atoms with Gasteiger partial charge in [0, 0.05) is 38.8 Å². The minimum absolute atomic E-state index is 0.193. The van der Waals surface area contributed by atoms with Gasteiger partial charge in [0.25, 0.3) is 0 Å². The molecule has 5 rings (SSSR count). The summed E-state index contributed by atoms with van der Waals surface area (Å²) in [6.45, 7) is 2.93. The highest BCUT2D eigenvalue weighted by Gasteiger charge is 2.35. The first-order valence-electron chi connectivity index (χ1n) is 12.9. The Kier molecular flexibility index (Phi) is 7.46. The van der Waals surface area contributed by atoms with Gasteiger partial charge >= 0.3 is 0 Å². The van der Waals surface area contributed by atoms with Crippen LogP contribution in [0.3, 0.4) is 0 Å². The maximum atomic E-state index is 12.8. The molecule has 1 aliphatic carbocycles. The molecular weight excluding hydrogens is 472 g/mol. The number of likely N-dealkylation sites (N-methyl/N-ethyl adjacent to an activating group) is 1. The first kappa shape index (κ1) is 25.0. The van der Waals surface area contributed by atoms with Crippen molar-refractivity contribution in [3.63, 3.8) is 0 Å². The van der Waals surface area contributed by atoms with Crippen LogP contribution >= 0.6 is 0 Å². The third kappa shape index (κ3) is 5.36. The van der Waals surface area contributed by atoms with Crippen LogP contribution in [0.1, 0.15) is 41.9 Å². The van der Waals surface area contributed by atoms with E-state index in [2.05, 4.69) is 52.5 Å². The summed E-state index contributed by atoms with van der Waals surface area (Å²) in [5, 5.41) is 3.98. The van der Waals surface area contributed by atoms with E-state index in [1.165, 1.54) is 70.4 Å². The van der Waals surface area contributed by atoms with Crippen molar-refractivity contribution in [2.75, 3.05) is 33.3 Å². The number of aromatic nitrogens is 2. The van der Waals surface area contributed by atoms with Crippen LogP contribution in [0.2, 0.25) is 0 Å². The van der Waals surface area contributed by atoms with Gasteiger partial charge in [0.15, 0.2) is 0 Å². The Hall–Kier alpha value is -2.68. The number of benzene rings is 2. The number of likely N-dealkylation sites (tertiary alicyclic amines) is 1. The zero-order valence-corrected chi connectivity index (χ0v) is 22.0. The molecule has 0 N–H and O–H groups in total. The highest BCUT2D eigenvalue weighted by atomic mass is 32.2. The molecule has 1 aliphatic heterocycles. The van der Waals surface area contributed by atoms with Crippen molar-refractivity contribution in [3.8, 4) is 5.75 Å². The van der Waals surface area contributed by atoms with Gasteiger partial charge in [0.2, 0.25) is 10.0 Å². The fourth-order valence-corrected chi connectivity index (χ4v) is 6.84. The molecule has 2 aliphatic rings. The molecule has 36 heavy (non-hydrogen) atoms. The number of fused-ring (bicyclic) bond motifs is 1. The van der Waals surface area contributed by atoms with Gasteiger partial charge in [-0.05, 0) is 74.0 Å². The summed E-state index contributed by atoms with van der Waals surface area (Å²) in [5.41, 5.74) is 4.17. The lowest BCUT2D eigenvalue weighted by atomic mass is 9.75. The fourth-order valence-electron chi connectivity index (χ4n) is 5.70. The van der Waals surface area contributed by atoms with E-state index in [1.54, 1.807) is 14.1 Å². The quantitative estimate of drug-likeness (QED) is 0.439. The lowest BCUT2D eigenvalue weighted by molar-refractivity contribution is 0.188. The molecule has 2 atom stereocenters. The number of aryl methyl sites for hydroxylation is 2. The van der Waals surface area contributed by atoms with Crippen LogP contribution in [0.4, 0.5) is 0 Å². The SMILES string of the molecule is CN(CCOc1ccc2c(c1)C(Cc1ccccc1)C(N1CCCC1)CC2)S(=O)(=O)c1cnn(C)c1. The third-order valence-corrected chi connectivity index (χ3v) is 9.47. The zero-order valence-electron chi connectivity index (χ0n) is 21.2. The smallest absolute Gasteiger partial charge is 0.246 e. The molecule has 1 fully saturated rings. The van der Waals surface area contributed by atoms with Gasteiger partial charge in [-0.3, -0.25) is 9.58 Å². The van der Waals surface area contributed by atoms with E-state index in [0.29, 0.717) is 12.0 Å². The number of hydrogen-bond donors (Lipinski definition) is 0. The van der Waals surface area contributed by atoms with E-state index in [0.717, 1.165) is 18.6 Å². The summed E-state index contributed by atoms with van der Waals surface area (Å²) in [6.07, 6.45) is 8.78. The molecule has 0 amide bonds. The topological polar surface area (TPSA) is 67.7 Å². The molecule has 0 radical (unpaired) electrons. The first-order valence-corrected chi connectivity index (χ1v) is 14.3. The van der Waals surface area contributed by atoms with Crippen molar-refractivity contribution in [3.05, 3.63) is 77.6 Å². The van der Waals surface area contributed by atoms with Gasteiger partial charge in [0.05, 0.1) is 6.20 Å². The van der Waals surface area contributed by atoms with Gasteiger partial charge in [0.1, 0.15) is 17.3 Å². The Morgan fingerprint density at radius 2 is 1.89 bits per heavy atom. The Morgan fingerprint density at radius 3 is 2.61 bits per heavy atom. The predicted octanol–water partition coefficient (Wildman–Crippen LogP) is 3.86. The van der Waals surface area contributed by atoms with Crippen molar-refractivity contribution in [1.82, 2.24) is 19.0 Å². The second kappa shape index (κ2) is 10.7. The summed E-state index contributed by atoms with van der Waals surface area (Å²) in [5.74, 6) is 1.23. The number of rotatable bonds is 9. The van der Waals surface area contributed by atoms with Crippen LogP contribution in [0.25, 0.3) is 0 Å². The molecule has 1 saturated heterocycles. The molecule has 0 bridgehead atoms. The Labute approximate surface area is 214 Å². The molecule has 3 aromatic rings. The molecule has 1 aromatic heterocycles. The van der Waals surface area contributed by atoms with Crippen LogP contribution in [0, 0.1) is 0 Å². The standard InChI is InChI=1S/C28H36N4O3S/c1-30-21-25(20-29-30)36(33,34)31(2)16-17-35-24-12-10-23-11-13-28(32-14-6-7-15-32)27(26(23)19-24)18-22-8-4-3-5-9-22/h3-5,8-10,12,19-21,27-28H,6-7,11,13-18H2,1-2H3. The zero-order chi connectivity index (χ0) is 25.1. The molecule has 7 nitrogen and oxygen atoms in total. The molecule has 0 spiro atoms. The summed E-state index contributed by atoms with van der Waals surface area (Å²) >= 11 is 0. The van der Waals surface area contributed by atoms with Crippen LogP contribution in [-0.2, 0) is 29.9 Å². The average molecular weight is 509 g/mol. The molecule has 2 aromatic carbocycles. The normalized spacial score (nSPS) is 20.5. The highest BCUT2D eigenvalue weighted by molar-refractivity contribution is 7.89. The van der Waals surface area contributed by atoms with E-state index >= 15 is 0 Å². The molecule has 0 saturated carbocycles. The van der Waals surface area contributed by atoms with E-state index in [4.69, 9.17) is 4.74 Å². The second-order valence-electron chi connectivity index (χ2n) is 10.0. The van der Waals surface area contributed by atoms with Crippen LogP contribution in [0.15, 0.2) is 65.8 Å². The summed E-state index contributed by atoms with van der Waals surface area (Å²) in [6, 6.07) is 17.8. The average Bonchev–Trinajstić information content (AvgIpc) is 3.57. The predicted molar refractivity (Wildman–Crippen MR) is 141 cm³/mol. The largest absolute Gasteiger partial charge is 0.492 e. The summed E-state index contributed by atoms with van der Waals surface area (Å²) in [7, 11) is -0.298. The van der Waals surface area contributed by atoms with Crippen LogP contribution in [0.5, 0.6) is 5.75 Å². The Balaban J connectivity index is 1.31. The second-order valence-corrected chi connectivity index (χ2v) is 12.1. The van der Waals surface area contributed by atoms with E-state index in [9.17, 15) is 8.42 Å². The summed E-state index contributed by atoms with van der Waals surface area (Å²) in [4.78, 5) is 2.89. The number of nitrogens with zero attached hydrogens (tertiary/aromatic N) is 4. The minimum Gasteiger partial charge on any atom is -0.492 e. The lowest BCUT2D eigenvalue weighted by Gasteiger charge is -2.39. The van der Waals surface area contributed by atoms with Crippen molar-refractivity contribution in [1.29, 1.82) is 0 Å². The van der Waals surface area contributed by atoms with E-state index < -0.39 is 10.0 Å². The molecular formula is C28H36N4O3S. The van der Waals surface area contributed by atoms with E-state index in [-0.39, 0.29) is 18.0 Å². The summed E-state index contributed by atoms with van der Waals surface area (Å²) < 4.78 is 34.5. The first-order chi connectivity index (χ1) is 17.4. The van der Waals surface area contributed by atoms with Crippen LogP contribution in [-0.4, -0.2) is 66.7 Å².